The summed E-state index contributed by atoms with van der Waals surface area (Å²) in [5, 5.41) is 3.60. The number of hydrogen-bond donors (Lipinski definition) is 1. The maximum absolute atomic E-state index is 5.31. The predicted molar refractivity (Wildman–Crippen MR) is 93.0 cm³/mol. The van der Waals surface area contributed by atoms with Crippen molar-refractivity contribution >= 4 is 21.6 Å². The quantitative estimate of drug-likeness (QED) is 0.801. The summed E-state index contributed by atoms with van der Waals surface area (Å²) in [6.45, 7) is 8.61. The van der Waals surface area contributed by atoms with Gasteiger partial charge in [0.15, 0.2) is 0 Å². The van der Waals surface area contributed by atoms with Gasteiger partial charge in [-0.25, -0.2) is 0 Å². The van der Waals surface area contributed by atoms with Crippen molar-refractivity contribution in [2.24, 2.45) is 5.92 Å². The standard InChI is InChI=1S/C17H27BrN2O/c1-4-8-19-13(2)16-10-15(18)5-6-17(16)20-9-7-14(11-20)12-21-3/h5-6,10,13-14,19H,4,7-9,11-12H2,1-3H3. The second-order valence-electron chi connectivity index (χ2n) is 5.94. The van der Waals surface area contributed by atoms with Gasteiger partial charge < -0.3 is 15.0 Å². The monoisotopic (exact) mass is 354 g/mol. The van der Waals surface area contributed by atoms with E-state index < -0.39 is 0 Å². The van der Waals surface area contributed by atoms with Crippen molar-refractivity contribution < 1.29 is 4.74 Å². The molecule has 1 saturated heterocycles. The number of rotatable bonds is 7. The summed E-state index contributed by atoms with van der Waals surface area (Å²) >= 11 is 3.61. The van der Waals surface area contributed by atoms with E-state index in [9.17, 15) is 0 Å². The molecule has 1 aliphatic rings. The molecule has 2 unspecified atom stereocenters. The molecule has 3 nitrogen and oxygen atoms in total. The van der Waals surface area contributed by atoms with Crippen LogP contribution in [0, 0.1) is 5.92 Å². The van der Waals surface area contributed by atoms with E-state index in [0.717, 1.165) is 37.1 Å². The molecule has 2 rings (SSSR count). The zero-order valence-corrected chi connectivity index (χ0v) is 14.9. The van der Waals surface area contributed by atoms with E-state index in [1.165, 1.54) is 17.7 Å². The average molecular weight is 355 g/mol. The Morgan fingerprint density at radius 2 is 2.29 bits per heavy atom. The van der Waals surface area contributed by atoms with Crippen LogP contribution in [0.2, 0.25) is 0 Å². The fourth-order valence-corrected chi connectivity index (χ4v) is 3.43. The van der Waals surface area contributed by atoms with E-state index in [1.807, 2.05) is 0 Å². The van der Waals surface area contributed by atoms with Crippen LogP contribution < -0.4 is 10.2 Å². The number of halogens is 1. The molecular weight excluding hydrogens is 328 g/mol. The van der Waals surface area contributed by atoms with Gasteiger partial charge in [0.05, 0.1) is 6.61 Å². The molecule has 1 aromatic carbocycles. The van der Waals surface area contributed by atoms with Gasteiger partial charge in [0.1, 0.15) is 0 Å². The summed E-state index contributed by atoms with van der Waals surface area (Å²) in [5.41, 5.74) is 2.75. The second-order valence-corrected chi connectivity index (χ2v) is 6.85. The van der Waals surface area contributed by atoms with Gasteiger partial charge in [-0.15, -0.1) is 0 Å². The van der Waals surface area contributed by atoms with E-state index >= 15 is 0 Å². The molecule has 2 atom stereocenters. The largest absolute Gasteiger partial charge is 0.384 e. The van der Waals surface area contributed by atoms with E-state index in [1.54, 1.807) is 7.11 Å². The number of nitrogens with zero attached hydrogens (tertiary/aromatic N) is 1. The Morgan fingerprint density at radius 1 is 1.48 bits per heavy atom. The summed E-state index contributed by atoms with van der Waals surface area (Å²) < 4.78 is 6.47. The van der Waals surface area contributed by atoms with Crippen LogP contribution in [0.25, 0.3) is 0 Å². The Hall–Kier alpha value is -0.580. The predicted octanol–water partition coefficient (Wildman–Crippen LogP) is 3.98. The fraction of sp³-hybridized carbons (Fsp3) is 0.647. The molecule has 0 amide bonds. The lowest BCUT2D eigenvalue weighted by molar-refractivity contribution is 0.161. The van der Waals surface area contributed by atoms with Crippen molar-refractivity contribution in [3.05, 3.63) is 28.2 Å². The molecule has 1 heterocycles. The van der Waals surface area contributed by atoms with E-state index in [-0.39, 0.29) is 0 Å². The highest BCUT2D eigenvalue weighted by Gasteiger charge is 2.25. The van der Waals surface area contributed by atoms with Gasteiger partial charge in [-0.1, -0.05) is 22.9 Å². The third-order valence-electron chi connectivity index (χ3n) is 4.19. The molecular formula is C17H27BrN2O. The Kier molecular flexibility index (Phi) is 6.52. The van der Waals surface area contributed by atoms with E-state index in [2.05, 4.69) is 58.2 Å². The molecule has 0 aromatic heterocycles. The Balaban J connectivity index is 2.15. The minimum absolute atomic E-state index is 0.374. The molecule has 0 spiro atoms. The highest BCUT2D eigenvalue weighted by Crippen LogP contribution is 2.33. The topological polar surface area (TPSA) is 24.5 Å². The van der Waals surface area contributed by atoms with Crippen LogP contribution in [0.5, 0.6) is 0 Å². The lowest BCUT2D eigenvalue weighted by atomic mass is 10.0. The van der Waals surface area contributed by atoms with Gasteiger partial charge in [-0.05, 0) is 50.1 Å². The first-order chi connectivity index (χ1) is 10.2. The van der Waals surface area contributed by atoms with Gasteiger partial charge in [-0.3, -0.25) is 0 Å². The molecule has 0 saturated carbocycles. The lowest BCUT2D eigenvalue weighted by Crippen LogP contribution is -2.26. The summed E-state index contributed by atoms with van der Waals surface area (Å²) in [7, 11) is 1.80. The first kappa shape index (κ1) is 16.8. The molecule has 21 heavy (non-hydrogen) atoms. The van der Waals surface area contributed by atoms with Gasteiger partial charge in [0, 0.05) is 42.3 Å². The molecule has 1 aromatic rings. The molecule has 4 heteroatoms. The average Bonchev–Trinajstić information content (AvgIpc) is 2.93. The maximum Gasteiger partial charge on any atom is 0.0508 e. The number of ether oxygens (including phenoxy) is 1. The van der Waals surface area contributed by atoms with Crippen molar-refractivity contribution in [2.45, 2.75) is 32.7 Å². The Labute approximate surface area is 137 Å². The fourth-order valence-electron chi connectivity index (χ4n) is 3.05. The minimum Gasteiger partial charge on any atom is -0.384 e. The SMILES string of the molecule is CCCNC(C)c1cc(Br)ccc1N1CCC(COC)C1. The lowest BCUT2D eigenvalue weighted by Gasteiger charge is -2.26. The summed E-state index contributed by atoms with van der Waals surface area (Å²) in [4.78, 5) is 2.51. The van der Waals surface area contributed by atoms with Crippen molar-refractivity contribution in [1.29, 1.82) is 0 Å². The van der Waals surface area contributed by atoms with Crippen molar-refractivity contribution in [1.82, 2.24) is 5.32 Å². The normalized spacial score (nSPS) is 20.0. The maximum atomic E-state index is 5.31. The molecule has 0 aliphatic carbocycles. The van der Waals surface area contributed by atoms with E-state index in [4.69, 9.17) is 4.74 Å². The van der Waals surface area contributed by atoms with Crippen LogP contribution in [0.1, 0.15) is 38.3 Å². The number of benzene rings is 1. The first-order valence-electron chi connectivity index (χ1n) is 7.92. The van der Waals surface area contributed by atoms with Gasteiger partial charge >= 0.3 is 0 Å². The zero-order chi connectivity index (χ0) is 15.2. The molecule has 1 N–H and O–H groups in total. The molecule has 1 fully saturated rings. The molecule has 0 radical (unpaired) electrons. The Morgan fingerprint density at radius 3 is 3.00 bits per heavy atom. The summed E-state index contributed by atoms with van der Waals surface area (Å²) in [5.74, 6) is 0.658. The Bertz CT molecular complexity index is 452. The van der Waals surface area contributed by atoms with Gasteiger partial charge in [0.25, 0.3) is 0 Å². The molecule has 1 aliphatic heterocycles. The second kappa shape index (κ2) is 8.16. The highest BCUT2D eigenvalue weighted by atomic mass is 79.9. The zero-order valence-electron chi connectivity index (χ0n) is 13.4. The van der Waals surface area contributed by atoms with Crippen molar-refractivity contribution in [3.63, 3.8) is 0 Å². The molecule has 0 bridgehead atoms. The van der Waals surface area contributed by atoms with Crippen LogP contribution in [0.4, 0.5) is 5.69 Å². The van der Waals surface area contributed by atoms with Crippen molar-refractivity contribution in [2.75, 3.05) is 38.3 Å². The first-order valence-corrected chi connectivity index (χ1v) is 8.71. The van der Waals surface area contributed by atoms with Gasteiger partial charge in [-0.2, -0.15) is 0 Å². The van der Waals surface area contributed by atoms with E-state index in [0.29, 0.717) is 12.0 Å². The van der Waals surface area contributed by atoms with Crippen LogP contribution in [0.15, 0.2) is 22.7 Å². The third kappa shape index (κ3) is 4.44. The number of anilines is 1. The number of hydrogen-bond acceptors (Lipinski definition) is 3. The van der Waals surface area contributed by atoms with Crippen LogP contribution in [-0.2, 0) is 4.74 Å². The number of nitrogens with one attached hydrogen (secondary N) is 1. The van der Waals surface area contributed by atoms with Gasteiger partial charge in [0.2, 0.25) is 0 Å². The minimum atomic E-state index is 0.374. The summed E-state index contributed by atoms with van der Waals surface area (Å²) in [6.07, 6.45) is 2.38. The van der Waals surface area contributed by atoms with Crippen LogP contribution in [-0.4, -0.2) is 33.4 Å². The van der Waals surface area contributed by atoms with Crippen LogP contribution >= 0.6 is 15.9 Å². The smallest absolute Gasteiger partial charge is 0.0508 e. The van der Waals surface area contributed by atoms with Crippen LogP contribution in [0.3, 0.4) is 0 Å². The molecule has 118 valence electrons. The number of methoxy groups -OCH3 is 1. The summed E-state index contributed by atoms with van der Waals surface area (Å²) in [6, 6.07) is 7.03. The highest BCUT2D eigenvalue weighted by molar-refractivity contribution is 9.10. The third-order valence-corrected chi connectivity index (χ3v) is 4.68. The van der Waals surface area contributed by atoms with Crippen molar-refractivity contribution in [3.8, 4) is 0 Å².